The molecule has 0 radical (unpaired) electrons. The van der Waals surface area contributed by atoms with E-state index in [1.54, 1.807) is 0 Å². The Labute approximate surface area is 859 Å². The smallest absolute Gasteiger partial charge is 0.164 e. The normalized spacial score (nSPS) is 11.6. The number of hydrogen-bond donors (Lipinski definition) is 0. The van der Waals surface area contributed by atoms with Gasteiger partial charge in [0.1, 0.15) is 5.82 Å². The van der Waals surface area contributed by atoms with Gasteiger partial charge in [-0.05, 0) is 175 Å². The van der Waals surface area contributed by atoms with E-state index in [-0.39, 0.29) is 0 Å². The molecular formula is C137H92N12. The summed E-state index contributed by atoms with van der Waals surface area (Å²) in [6.45, 7) is 2.17. The summed E-state index contributed by atoms with van der Waals surface area (Å²) in [5.74, 6) is 4.80. The molecule has 0 aliphatic heterocycles. The average Bonchev–Trinajstić information content (AvgIpc) is 1.72. The Bertz CT molecular complexity index is 9580. The Hall–Kier alpha value is -20.0. The predicted octanol–water partition coefficient (Wildman–Crippen LogP) is 34.7. The van der Waals surface area contributed by atoms with Crippen molar-refractivity contribution in [1.29, 1.82) is 0 Å². The summed E-state index contributed by atoms with van der Waals surface area (Å²) < 4.78 is 11.8. The number of para-hydroxylation sites is 10. The summed E-state index contributed by atoms with van der Waals surface area (Å²) in [7, 11) is 0. The first-order chi connectivity index (χ1) is 73.9. The molecule has 29 rings (SSSR count). The van der Waals surface area contributed by atoms with Crippen LogP contribution in [0.2, 0.25) is 0 Å². The Morgan fingerprint density at radius 1 is 0.141 bits per heavy atom. The molecule has 0 N–H and O–H groups in total. The van der Waals surface area contributed by atoms with Gasteiger partial charge in [-0.15, -0.1) is 0 Å². The minimum absolute atomic E-state index is 0.602. The zero-order valence-electron chi connectivity index (χ0n) is 81.3. The maximum Gasteiger partial charge on any atom is 0.164 e. The molecule has 0 spiro atoms. The van der Waals surface area contributed by atoms with Gasteiger partial charge in [-0.1, -0.05) is 426 Å². The standard InChI is InChI=1S/C51H33N5.C45H29N5.C41H30N2/c1-3-15-34(16-4-1)35-27-29-37(30-28-35)50-52-49(36-17-5-2-6-18-36)53-51(54-50)38-31-39(55-45-23-11-7-19-41(45)42-20-8-12-24-46(42)55)33-40(32-38)56-47-25-13-9-21-43(47)44-22-10-14-26-48(44)56;1-3-15-30(16-4-1)43-46-44(31-17-5-2-6-18-31)48-45(47-43)32-27-33(49-39-23-11-7-19-35(39)36-20-8-12-24-40(36)49)29-34(28-32)50-41-25-13-9-21-37(41)38-22-10-14-26-42(38)50;1-2-39-42-37-18-10-11-19-38(37)43(39)32-26-24-31(25-27-32)41-35-16-8-6-14-33(35)40(34-15-7-9-17-36(34)41)30-22-20-29(21-23-30)28-12-4-3-5-13-28/h1-33H;1-29H;3-27H,2H2,1H3. The molecule has 0 aliphatic rings. The van der Waals surface area contributed by atoms with Crippen molar-refractivity contribution in [3.63, 3.8) is 0 Å². The Balaban J connectivity index is 0.000000111. The Morgan fingerprint density at radius 2 is 0.336 bits per heavy atom. The lowest BCUT2D eigenvalue weighted by molar-refractivity contribution is 0.908. The van der Waals surface area contributed by atoms with E-state index in [1.165, 1.54) is 104 Å². The number of hydrogen-bond acceptors (Lipinski definition) is 7. The summed E-state index contributed by atoms with van der Waals surface area (Å²) in [6.07, 6.45) is 0.875. The zero-order chi connectivity index (χ0) is 98.8. The van der Waals surface area contributed by atoms with Gasteiger partial charge < -0.3 is 18.3 Å². The van der Waals surface area contributed by atoms with Gasteiger partial charge in [0.05, 0.1) is 55.2 Å². The van der Waals surface area contributed by atoms with E-state index in [4.69, 9.17) is 34.9 Å². The summed E-state index contributed by atoms with van der Waals surface area (Å²) >= 11 is 0. The van der Waals surface area contributed by atoms with Gasteiger partial charge in [-0.3, -0.25) is 4.57 Å². The number of nitrogens with zero attached hydrogens (tertiary/aromatic N) is 12. The maximum atomic E-state index is 5.26. The highest BCUT2D eigenvalue weighted by Gasteiger charge is 2.26. The topological polar surface area (TPSA) is 115 Å². The molecule has 0 unspecified atom stereocenters. The number of aryl methyl sites for hydroxylation is 1. The van der Waals surface area contributed by atoms with E-state index in [9.17, 15) is 0 Å². The van der Waals surface area contributed by atoms with Crippen molar-refractivity contribution in [2.45, 2.75) is 13.3 Å². The Morgan fingerprint density at radius 3 is 0.604 bits per heavy atom. The highest BCUT2D eigenvalue weighted by Crippen LogP contribution is 2.47. The van der Waals surface area contributed by atoms with Crippen molar-refractivity contribution in [2.24, 2.45) is 0 Å². The first kappa shape index (κ1) is 88.0. The van der Waals surface area contributed by atoms with Crippen LogP contribution in [-0.4, -0.2) is 57.7 Å². The van der Waals surface area contributed by atoms with Gasteiger partial charge in [-0.2, -0.15) is 0 Å². The third kappa shape index (κ3) is 16.0. The summed E-state index contributed by atoms with van der Waals surface area (Å²) in [4.78, 5) is 35.7. The van der Waals surface area contributed by atoms with Crippen LogP contribution in [0.15, 0.2) is 528 Å². The molecule has 700 valence electrons. The Kier molecular flexibility index (Phi) is 22.3. The number of rotatable bonds is 16. The molecule has 7 heterocycles. The van der Waals surface area contributed by atoms with Gasteiger partial charge >= 0.3 is 0 Å². The third-order valence-electron chi connectivity index (χ3n) is 28.9. The van der Waals surface area contributed by atoms with Crippen LogP contribution in [0.3, 0.4) is 0 Å². The molecule has 0 saturated heterocycles. The van der Waals surface area contributed by atoms with Crippen molar-refractivity contribution < 1.29 is 0 Å². The second-order valence-corrected chi connectivity index (χ2v) is 37.6. The first-order valence-corrected chi connectivity index (χ1v) is 50.6. The molecule has 7 aromatic heterocycles. The highest BCUT2D eigenvalue weighted by molar-refractivity contribution is 6.22. The molecule has 22 aromatic carbocycles. The van der Waals surface area contributed by atoms with E-state index < -0.39 is 0 Å². The van der Waals surface area contributed by atoms with Crippen molar-refractivity contribution >= 4 is 120 Å². The van der Waals surface area contributed by atoms with Gasteiger partial charge in [0.2, 0.25) is 0 Å². The van der Waals surface area contributed by atoms with Crippen molar-refractivity contribution in [3.05, 3.63) is 534 Å². The zero-order valence-corrected chi connectivity index (χ0v) is 81.3. The lowest BCUT2D eigenvalue weighted by Crippen LogP contribution is -2.03. The highest BCUT2D eigenvalue weighted by atomic mass is 15.1. The van der Waals surface area contributed by atoms with Gasteiger partial charge in [0.25, 0.3) is 0 Å². The van der Waals surface area contributed by atoms with Gasteiger partial charge in [0, 0.05) is 111 Å². The minimum Gasteiger partial charge on any atom is -0.309 e. The monoisotopic (exact) mass is 1900 g/mol. The molecule has 0 bridgehead atoms. The van der Waals surface area contributed by atoms with Crippen molar-refractivity contribution in [3.8, 4) is 141 Å². The SMILES string of the molecule is CCc1nc2ccccc2n1-c1ccc(-c2c3ccccc3c(-c3ccc(-c4ccccc4)cc3)c3ccccc23)cc1.c1ccc(-c2ccc(-c3nc(-c4ccccc4)nc(-c4cc(-n5c6ccccc6c6ccccc65)cc(-n5c6ccccc6c6ccccc65)c4)n3)cc2)cc1.c1ccc(-c2nc(-c3ccccc3)nc(-c3cc(-n4c5ccccc5c5ccccc54)cc(-n4c5ccccc5c5ccccc54)c3)n2)cc1. The molecule has 0 fully saturated rings. The summed E-state index contributed by atoms with van der Waals surface area (Å²) in [5, 5.41) is 14.7. The second-order valence-electron chi connectivity index (χ2n) is 37.6. The molecular weight excluding hydrogens is 1810 g/mol. The fourth-order valence-electron chi connectivity index (χ4n) is 22.1. The van der Waals surface area contributed by atoms with Crippen LogP contribution < -0.4 is 0 Å². The number of fused-ring (bicyclic) bond motifs is 15. The summed E-state index contributed by atoms with van der Waals surface area (Å²) in [6, 6.07) is 187. The third-order valence-corrected chi connectivity index (χ3v) is 28.9. The first-order valence-electron chi connectivity index (χ1n) is 50.6. The lowest BCUT2D eigenvalue weighted by atomic mass is 9.85. The second kappa shape index (κ2) is 37.7. The fraction of sp³-hybridized carbons (Fsp3) is 0.0146. The van der Waals surface area contributed by atoms with Crippen molar-refractivity contribution in [1.82, 2.24) is 57.7 Å². The molecule has 0 aliphatic carbocycles. The van der Waals surface area contributed by atoms with Crippen LogP contribution in [0.25, 0.3) is 261 Å². The van der Waals surface area contributed by atoms with Crippen LogP contribution >= 0.6 is 0 Å². The van der Waals surface area contributed by atoms with Crippen LogP contribution in [0.1, 0.15) is 12.7 Å². The largest absolute Gasteiger partial charge is 0.309 e. The lowest BCUT2D eigenvalue weighted by Gasteiger charge is -2.18. The minimum atomic E-state index is 0.602. The molecule has 12 nitrogen and oxygen atoms in total. The van der Waals surface area contributed by atoms with E-state index in [2.05, 4.69) is 473 Å². The quantitative estimate of drug-likeness (QED) is 0.0885. The van der Waals surface area contributed by atoms with Gasteiger partial charge in [-0.25, -0.2) is 34.9 Å². The average molecular weight is 1910 g/mol. The van der Waals surface area contributed by atoms with Crippen LogP contribution in [0, 0.1) is 0 Å². The van der Waals surface area contributed by atoms with E-state index in [0.29, 0.717) is 34.9 Å². The summed E-state index contributed by atoms with van der Waals surface area (Å²) in [5.41, 5.74) is 31.8. The maximum absolute atomic E-state index is 5.26. The molecule has 29 aromatic rings. The molecule has 149 heavy (non-hydrogen) atoms. The molecule has 0 amide bonds. The van der Waals surface area contributed by atoms with Crippen LogP contribution in [0.5, 0.6) is 0 Å². The molecule has 12 heteroatoms. The van der Waals surface area contributed by atoms with E-state index in [0.717, 1.165) is 135 Å². The predicted molar refractivity (Wildman–Crippen MR) is 617 cm³/mol. The number of imidazole rings is 1. The molecule has 0 atom stereocenters. The van der Waals surface area contributed by atoms with Crippen molar-refractivity contribution in [2.75, 3.05) is 0 Å². The van der Waals surface area contributed by atoms with Crippen LogP contribution in [0.4, 0.5) is 0 Å². The van der Waals surface area contributed by atoms with E-state index >= 15 is 0 Å². The molecule has 0 saturated carbocycles. The number of aromatic nitrogens is 12. The van der Waals surface area contributed by atoms with E-state index in [1.807, 2.05) is 84.9 Å². The number of benzene rings is 22. The van der Waals surface area contributed by atoms with Gasteiger partial charge in [0.15, 0.2) is 34.9 Å². The van der Waals surface area contributed by atoms with Crippen LogP contribution in [-0.2, 0) is 6.42 Å². The fourth-order valence-corrected chi connectivity index (χ4v) is 22.1.